The Hall–Kier alpha value is -3.81. The topological polar surface area (TPSA) is 97.2 Å². The van der Waals surface area contributed by atoms with Crippen molar-refractivity contribution in [2.75, 3.05) is 20.0 Å². The summed E-state index contributed by atoms with van der Waals surface area (Å²) in [6, 6.07) is 14.9. The van der Waals surface area contributed by atoms with Crippen molar-refractivity contribution in [3.05, 3.63) is 64.4 Å². The van der Waals surface area contributed by atoms with Gasteiger partial charge >= 0.3 is 0 Å². The standard InChI is InChI=1S/C21H21N5O3/c1-25-20(27)8-7-15(24-25)14-6-4-5-13(9-14)12-26-17-11-19(29-3)18(28-2)10-16(17)23-21(26)22/h4-11H,12H2,1-3H3,(H2,22,23). The Morgan fingerprint density at radius 1 is 1.03 bits per heavy atom. The van der Waals surface area contributed by atoms with Gasteiger partial charge in [0.1, 0.15) is 0 Å². The van der Waals surface area contributed by atoms with E-state index in [4.69, 9.17) is 15.2 Å². The number of methoxy groups -OCH3 is 2. The lowest BCUT2D eigenvalue weighted by Crippen LogP contribution is -2.18. The highest BCUT2D eigenvalue weighted by Gasteiger charge is 2.14. The highest BCUT2D eigenvalue weighted by Crippen LogP contribution is 2.33. The minimum Gasteiger partial charge on any atom is -0.493 e. The van der Waals surface area contributed by atoms with Crippen LogP contribution in [0.2, 0.25) is 0 Å². The summed E-state index contributed by atoms with van der Waals surface area (Å²) in [5, 5.41) is 4.32. The van der Waals surface area contributed by atoms with Gasteiger partial charge in [0.25, 0.3) is 5.56 Å². The van der Waals surface area contributed by atoms with Crippen LogP contribution in [0.3, 0.4) is 0 Å². The fourth-order valence-electron chi connectivity index (χ4n) is 3.30. The number of hydrogen-bond acceptors (Lipinski definition) is 6. The van der Waals surface area contributed by atoms with Gasteiger partial charge in [0.2, 0.25) is 5.95 Å². The maximum Gasteiger partial charge on any atom is 0.266 e. The monoisotopic (exact) mass is 391 g/mol. The quantitative estimate of drug-likeness (QED) is 0.561. The smallest absolute Gasteiger partial charge is 0.266 e. The van der Waals surface area contributed by atoms with Crippen molar-refractivity contribution in [1.82, 2.24) is 19.3 Å². The van der Waals surface area contributed by atoms with E-state index in [1.807, 2.05) is 41.0 Å². The molecule has 2 aromatic carbocycles. The second-order valence-electron chi connectivity index (χ2n) is 6.63. The van der Waals surface area contributed by atoms with Crippen LogP contribution in [0, 0.1) is 0 Å². The lowest BCUT2D eigenvalue weighted by molar-refractivity contribution is 0.355. The summed E-state index contributed by atoms with van der Waals surface area (Å²) in [6.45, 7) is 0.525. The molecule has 0 atom stereocenters. The number of nitrogen functional groups attached to an aromatic ring is 1. The number of aryl methyl sites for hydroxylation is 1. The number of nitrogens with two attached hydrogens (primary N) is 1. The van der Waals surface area contributed by atoms with Crippen LogP contribution >= 0.6 is 0 Å². The van der Waals surface area contributed by atoms with E-state index >= 15 is 0 Å². The molecule has 0 bridgehead atoms. The first kappa shape index (κ1) is 18.5. The van der Waals surface area contributed by atoms with Crippen LogP contribution in [0.25, 0.3) is 22.3 Å². The number of anilines is 1. The van der Waals surface area contributed by atoms with Crippen LogP contribution in [0.5, 0.6) is 11.5 Å². The second kappa shape index (κ2) is 7.31. The summed E-state index contributed by atoms with van der Waals surface area (Å²) < 4.78 is 14.0. The Morgan fingerprint density at radius 2 is 1.79 bits per heavy atom. The van der Waals surface area contributed by atoms with Crippen molar-refractivity contribution in [1.29, 1.82) is 0 Å². The minimum atomic E-state index is -0.146. The van der Waals surface area contributed by atoms with Gasteiger partial charge < -0.3 is 19.8 Å². The van der Waals surface area contributed by atoms with Gasteiger partial charge in [-0.05, 0) is 17.7 Å². The highest BCUT2D eigenvalue weighted by atomic mass is 16.5. The zero-order valence-electron chi connectivity index (χ0n) is 16.4. The normalized spacial score (nSPS) is 11.0. The lowest BCUT2D eigenvalue weighted by atomic mass is 10.1. The molecule has 0 radical (unpaired) electrons. The fraction of sp³-hybridized carbons (Fsp3) is 0.190. The summed E-state index contributed by atoms with van der Waals surface area (Å²) in [5.74, 6) is 1.62. The molecule has 4 aromatic rings. The fourth-order valence-corrected chi connectivity index (χ4v) is 3.30. The van der Waals surface area contributed by atoms with Gasteiger partial charge in [-0.25, -0.2) is 9.67 Å². The first-order chi connectivity index (χ1) is 14.0. The zero-order valence-corrected chi connectivity index (χ0v) is 16.4. The van der Waals surface area contributed by atoms with E-state index in [9.17, 15) is 4.79 Å². The maximum absolute atomic E-state index is 11.6. The molecule has 29 heavy (non-hydrogen) atoms. The summed E-state index contributed by atoms with van der Waals surface area (Å²) in [7, 11) is 4.82. The number of benzene rings is 2. The van der Waals surface area contributed by atoms with Gasteiger partial charge in [-0.2, -0.15) is 5.10 Å². The summed E-state index contributed by atoms with van der Waals surface area (Å²) >= 11 is 0. The number of rotatable bonds is 5. The second-order valence-corrected chi connectivity index (χ2v) is 6.63. The van der Waals surface area contributed by atoms with Crippen molar-refractivity contribution in [2.24, 2.45) is 7.05 Å². The molecule has 0 unspecified atom stereocenters. The zero-order chi connectivity index (χ0) is 20.5. The predicted octanol–water partition coefficient (Wildman–Crippen LogP) is 2.44. The average molecular weight is 391 g/mol. The Kier molecular flexibility index (Phi) is 4.67. The van der Waals surface area contributed by atoms with Crippen LogP contribution in [0.1, 0.15) is 5.56 Å². The Bertz CT molecular complexity index is 1260. The Morgan fingerprint density at radius 3 is 2.52 bits per heavy atom. The summed E-state index contributed by atoms with van der Waals surface area (Å²) in [6.07, 6.45) is 0. The average Bonchev–Trinajstić information content (AvgIpc) is 3.03. The first-order valence-corrected chi connectivity index (χ1v) is 9.01. The SMILES string of the molecule is COc1cc2nc(N)n(Cc3cccc(-c4ccc(=O)n(C)n4)c3)c2cc1OC. The number of aromatic nitrogens is 4. The van der Waals surface area contributed by atoms with Crippen molar-refractivity contribution >= 4 is 17.0 Å². The molecule has 8 heteroatoms. The molecule has 148 valence electrons. The van der Waals surface area contributed by atoms with Gasteiger partial charge in [0, 0.05) is 30.8 Å². The molecule has 8 nitrogen and oxygen atoms in total. The number of ether oxygens (including phenoxy) is 2. The van der Waals surface area contributed by atoms with Gasteiger partial charge in [-0.1, -0.05) is 18.2 Å². The molecule has 0 aliphatic heterocycles. The molecule has 2 heterocycles. The predicted molar refractivity (Wildman–Crippen MR) is 111 cm³/mol. The number of nitrogens with zero attached hydrogens (tertiary/aromatic N) is 4. The van der Waals surface area contributed by atoms with E-state index in [1.54, 1.807) is 27.3 Å². The van der Waals surface area contributed by atoms with Crippen LogP contribution in [0.15, 0.2) is 53.3 Å². The Balaban J connectivity index is 1.74. The molecule has 0 saturated carbocycles. The number of fused-ring (bicyclic) bond motifs is 1. The summed E-state index contributed by atoms with van der Waals surface area (Å²) in [4.78, 5) is 16.0. The van der Waals surface area contributed by atoms with Crippen molar-refractivity contribution in [2.45, 2.75) is 6.54 Å². The van der Waals surface area contributed by atoms with E-state index in [0.29, 0.717) is 24.0 Å². The van der Waals surface area contributed by atoms with E-state index < -0.39 is 0 Å². The van der Waals surface area contributed by atoms with Crippen molar-refractivity contribution < 1.29 is 9.47 Å². The lowest BCUT2D eigenvalue weighted by Gasteiger charge is -2.11. The first-order valence-electron chi connectivity index (χ1n) is 9.01. The molecule has 0 aliphatic rings. The van der Waals surface area contributed by atoms with Gasteiger partial charge in [0.05, 0.1) is 37.5 Å². The van der Waals surface area contributed by atoms with Gasteiger partial charge in [-0.3, -0.25) is 4.79 Å². The molecule has 0 saturated heterocycles. The van der Waals surface area contributed by atoms with Crippen LogP contribution in [-0.4, -0.2) is 33.6 Å². The molecular weight excluding hydrogens is 370 g/mol. The number of hydrogen-bond donors (Lipinski definition) is 1. The van der Waals surface area contributed by atoms with E-state index in [1.165, 1.54) is 10.7 Å². The van der Waals surface area contributed by atoms with Crippen LogP contribution in [0.4, 0.5) is 5.95 Å². The molecule has 0 fully saturated rings. The van der Waals surface area contributed by atoms with E-state index in [2.05, 4.69) is 10.1 Å². The third-order valence-corrected chi connectivity index (χ3v) is 4.81. The maximum atomic E-state index is 11.6. The summed E-state index contributed by atoms with van der Waals surface area (Å²) in [5.41, 5.74) is 10.3. The van der Waals surface area contributed by atoms with E-state index in [0.717, 1.165) is 27.9 Å². The largest absolute Gasteiger partial charge is 0.493 e. The third kappa shape index (κ3) is 3.40. The van der Waals surface area contributed by atoms with Crippen LogP contribution in [-0.2, 0) is 13.6 Å². The number of imidazole rings is 1. The minimum absolute atomic E-state index is 0.146. The van der Waals surface area contributed by atoms with E-state index in [-0.39, 0.29) is 5.56 Å². The molecule has 4 rings (SSSR count). The third-order valence-electron chi connectivity index (χ3n) is 4.81. The van der Waals surface area contributed by atoms with Crippen LogP contribution < -0.4 is 20.8 Å². The van der Waals surface area contributed by atoms with Gasteiger partial charge in [-0.15, -0.1) is 0 Å². The van der Waals surface area contributed by atoms with Crippen molar-refractivity contribution in [3.63, 3.8) is 0 Å². The molecular formula is C21H21N5O3. The van der Waals surface area contributed by atoms with Crippen molar-refractivity contribution in [3.8, 4) is 22.8 Å². The molecule has 0 aliphatic carbocycles. The Labute approximate surface area is 167 Å². The highest BCUT2D eigenvalue weighted by molar-refractivity contribution is 5.82. The molecule has 2 aromatic heterocycles. The molecule has 0 amide bonds. The molecule has 2 N–H and O–H groups in total. The van der Waals surface area contributed by atoms with Gasteiger partial charge in [0.15, 0.2) is 11.5 Å². The molecule has 0 spiro atoms.